The van der Waals surface area contributed by atoms with Crippen molar-refractivity contribution in [3.8, 4) is 0 Å². The summed E-state index contributed by atoms with van der Waals surface area (Å²) in [5.74, 6) is 0. The predicted octanol–water partition coefficient (Wildman–Crippen LogP) is 2.67. The van der Waals surface area contributed by atoms with Gasteiger partial charge in [-0.3, -0.25) is 0 Å². The Morgan fingerprint density at radius 3 is 1.10 bits per heavy atom. The third kappa shape index (κ3) is 2.28. The van der Waals surface area contributed by atoms with Crippen LogP contribution in [0.2, 0.25) is 0 Å². The van der Waals surface area contributed by atoms with Crippen molar-refractivity contribution in [2.24, 2.45) is 0 Å². The van der Waals surface area contributed by atoms with Gasteiger partial charge in [0.05, 0.1) is 0 Å². The summed E-state index contributed by atoms with van der Waals surface area (Å²) >= 11 is 0. The highest BCUT2D eigenvalue weighted by atomic mass is 19.3. The van der Waals surface area contributed by atoms with Crippen LogP contribution in [0, 0.1) is 0 Å². The Balaban J connectivity index is 4.44. The largest absolute Gasteiger partial charge is 0.280 e. The highest BCUT2D eigenvalue weighted by Crippen LogP contribution is 2.22. The van der Waals surface area contributed by atoms with E-state index in [1.165, 1.54) is 0 Å². The first-order chi connectivity index (χ1) is 4.46. The zero-order valence-electron chi connectivity index (χ0n) is 4.42. The van der Waals surface area contributed by atoms with Crippen LogP contribution in [0.15, 0.2) is 11.7 Å². The molecular formula is C4H2F6. The van der Waals surface area contributed by atoms with Crippen molar-refractivity contribution in [3.05, 3.63) is 11.7 Å². The summed E-state index contributed by atoms with van der Waals surface area (Å²) in [5, 5.41) is 0. The van der Waals surface area contributed by atoms with Crippen molar-refractivity contribution in [1.82, 2.24) is 0 Å². The van der Waals surface area contributed by atoms with E-state index in [2.05, 4.69) is 0 Å². The SMILES string of the molecule is FC(F)=C(C(F)F)C(F)F. The Morgan fingerprint density at radius 2 is 1.10 bits per heavy atom. The van der Waals surface area contributed by atoms with Crippen molar-refractivity contribution in [2.45, 2.75) is 12.9 Å². The van der Waals surface area contributed by atoms with Gasteiger partial charge in [0.1, 0.15) is 5.57 Å². The third-order valence-electron chi connectivity index (χ3n) is 0.688. The van der Waals surface area contributed by atoms with Crippen LogP contribution in [0.25, 0.3) is 0 Å². The molecule has 0 aromatic carbocycles. The number of hydrogen-bond acceptors (Lipinski definition) is 0. The first kappa shape index (κ1) is 9.32. The monoisotopic (exact) mass is 164 g/mol. The molecule has 0 fully saturated rings. The van der Waals surface area contributed by atoms with Crippen molar-refractivity contribution in [2.75, 3.05) is 0 Å². The minimum atomic E-state index is -3.79. The molecule has 0 aliphatic carbocycles. The average Bonchev–Trinajstić information content (AvgIpc) is 1.59. The van der Waals surface area contributed by atoms with Gasteiger partial charge >= 0.3 is 0 Å². The lowest BCUT2D eigenvalue weighted by Gasteiger charge is -2.00. The first-order valence-corrected chi connectivity index (χ1v) is 2.08. The fourth-order valence-electron chi connectivity index (χ4n) is 0.260. The van der Waals surface area contributed by atoms with E-state index in [0.717, 1.165) is 0 Å². The van der Waals surface area contributed by atoms with Gasteiger partial charge < -0.3 is 0 Å². The molecule has 0 unspecified atom stereocenters. The summed E-state index contributed by atoms with van der Waals surface area (Å²) in [5.41, 5.74) is -2.39. The van der Waals surface area contributed by atoms with Crippen LogP contribution >= 0.6 is 0 Å². The number of allylic oxidation sites excluding steroid dienone is 1. The van der Waals surface area contributed by atoms with Crippen molar-refractivity contribution < 1.29 is 26.3 Å². The lowest BCUT2D eigenvalue weighted by atomic mass is 10.3. The van der Waals surface area contributed by atoms with Crippen LogP contribution in [-0.2, 0) is 0 Å². The van der Waals surface area contributed by atoms with Gasteiger partial charge in [0.2, 0.25) is 0 Å². The van der Waals surface area contributed by atoms with E-state index >= 15 is 0 Å². The molecule has 0 radical (unpaired) electrons. The summed E-state index contributed by atoms with van der Waals surface area (Å²) in [6.45, 7) is 0. The van der Waals surface area contributed by atoms with Gasteiger partial charge in [-0.2, -0.15) is 8.78 Å². The highest BCUT2D eigenvalue weighted by molar-refractivity contribution is 5.08. The van der Waals surface area contributed by atoms with E-state index < -0.39 is 24.5 Å². The predicted molar refractivity (Wildman–Crippen MR) is 21.2 cm³/mol. The second-order valence-electron chi connectivity index (χ2n) is 1.32. The quantitative estimate of drug-likeness (QED) is 0.550. The molecule has 0 atom stereocenters. The van der Waals surface area contributed by atoms with E-state index in [1.54, 1.807) is 0 Å². The zero-order chi connectivity index (χ0) is 8.31. The normalized spacial score (nSPS) is 10.8. The molecule has 0 aromatic heterocycles. The van der Waals surface area contributed by atoms with Gasteiger partial charge in [-0.1, -0.05) is 0 Å². The van der Waals surface area contributed by atoms with Gasteiger partial charge in [0.15, 0.2) is 0 Å². The minimum Gasteiger partial charge on any atom is -0.205 e. The molecule has 6 heteroatoms. The maximum absolute atomic E-state index is 11.2. The molecule has 0 aromatic rings. The van der Waals surface area contributed by atoms with Gasteiger partial charge in [0, 0.05) is 0 Å². The van der Waals surface area contributed by atoms with Gasteiger partial charge in [-0.05, 0) is 0 Å². The minimum absolute atomic E-state index is 2.39. The van der Waals surface area contributed by atoms with Crippen molar-refractivity contribution >= 4 is 0 Å². The topological polar surface area (TPSA) is 0 Å². The van der Waals surface area contributed by atoms with E-state index in [0.29, 0.717) is 0 Å². The summed E-state index contributed by atoms with van der Waals surface area (Å²) in [6.07, 6.45) is -10.6. The van der Waals surface area contributed by atoms with E-state index in [9.17, 15) is 26.3 Å². The van der Waals surface area contributed by atoms with Crippen LogP contribution < -0.4 is 0 Å². The Hall–Kier alpha value is -0.680. The Morgan fingerprint density at radius 1 is 0.800 bits per heavy atom. The van der Waals surface area contributed by atoms with Crippen molar-refractivity contribution in [1.29, 1.82) is 0 Å². The number of rotatable bonds is 2. The smallest absolute Gasteiger partial charge is 0.205 e. The number of alkyl halides is 4. The maximum atomic E-state index is 11.2. The third-order valence-corrected chi connectivity index (χ3v) is 0.688. The zero-order valence-corrected chi connectivity index (χ0v) is 4.42. The second kappa shape index (κ2) is 3.48. The summed E-state index contributed by atoms with van der Waals surface area (Å²) in [4.78, 5) is 0. The van der Waals surface area contributed by atoms with Crippen LogP contribution in [0.3, 0.4) is 0 Å². The van der Waals surface area contributed by atoms with Crippen LogP contribution in [-0.4, -0.2) is 12.9 Å². The second-order valence-corrected chi connectivity index (χ2v) is 1.32. The molecule has 0 amide bonds. The molecule has 0 N–H and O–H groups in total. The summed E-state index contributed by atoms with van der Waals surface area (Å²) in [7, 11) is 0. The molecule has 0 spiro atoms. The maximum Gasteiger partial charge on any atom is 0.280 e. The lowest BCUT2D eigenvalue weighted by Crippen LogP contribution is -2.07. The molecule has 0 saturated heterocycles. The Kier molecular flexibility index (Phi) is 3.24. The van der Waals surface area contributed by atoms with E-state index in [1.807, 2.05) is 0 Å². The molecule has 60 valence electrons. The molecule has 0 saturated carbocycles. The number of halogens is 6. The van der Waals surface area contributed by atoms with Crippen molar-refractivity contribution in [3.63, 3.8) is 0 Å². The van der Waals surface area contributed by atoms with Crippen LogP contribution in [0.1, 0.15) is 0 Å². The first-order valence-electron chi connectivity index (χ1n) is 2.08. The van der Waals surface area contributed by atoms with E-state index in [4.69, 9.17) is 0 Å². The van der Waals surface area contributed by atoms with Crippen LogP contribution in [0.5, 0.6) is 0 Å². The van der Waals surface area contributed by atoms with Gasteiger partial charge in [-0.15, -0.1) is 0 Å². The molecule has 10 heavy (non-hydrogen) atoms. The highest BCUT2D eigenvalue weighted by Gasteiger charge is 2.26. The fourth-order valence-corrected chi connectivity index (χ4v) is 0.260. The van der Waals surface area contributed by atoms with Gasteiger partial charge in [-0.25, -0.2) is 17.6 Å². The molecule has 0 nitrogen and oxygen atoms in total. The van der Waals surface area contributed by atoms with Crippen LogP contribution in [0.4, 0.5) is 26.3 Å². The molecular weight excluding hydrogens is 162 g/mol. The molecule has 0 bridgehead atoms. The van der Waals surface area contributed by atoms with Gasteiger partial charge in [0.25, 0.3) is 18.9 Å². The number of hydrogen-bond donors (Lipinski definition) is 0. The Bertz CT molecular complexity index is 123. The molecule has 0 heterocycles. The summed E-state index contributed by atoms with van der Waals surface area (Å²) in [6, 6.07) is 0. The molecule has 0 aliphatic heterocycles. The fraction of sp³-hybridized carbons (Fsp3) is 0.500. The summed E-state index contributed by atoms with van der Waals surface area (Å²) < 4.78 is 67.0. The molecule has 0 aliphatic rings. The molecule has 0 rings (SSSR count). The van der Waals surface area contributed by atoms with E-state index in [-0.39, 0.29) is 0 Å². The Labute approximate surface area is 52.1 Å². The average molecular weight is 164 g/mol. The lowest BCUT2D eigenvalue weighted by molar-refractivity contribution is 0.100. The standard InChI is InChI=1S/C4H2F6/c5-2(6)1(3(7)8)4(9)10/h2-3H.